The number of carbonyl (C=O) groups excluding carboxylic acids is 1. The van der Waals surface area contributed by atoms with Crippen LogP contribution in [-0.4, -0.2) is 191 Å². The highest BCUT2D eigenvalue weighted by Crippen LogP contribution is 2.76. The zero-order valence-corrected chi connectivity index (χ0v) is 44.9. The SMILES string of the molecule is CC1=C(O)C(=O)C[C@H](O[C@@H]2CC(C)(C)C[C@H]3C4=CC[C@@H]5[C@@]6(C)CC[C@H](O[C@@H]7O[C@H](C(=O)O)[C@@H](O)[C@H](O)[C@H]7O[C@@H]7O[C@H](C(=O)O)[C@@H](O)[C@H](O)[C@H]7O[C@@H]7O[C@@H](C)[C@H](O)[C@@H](O)[C@H]7O)[C@](C)(CO)[C@@H]6CC[C@@]5(C)[C@]4(C)CC[C@@]23C)O1. The fraction of sp³-hybridized carbons (Fsp3) is 0.870. The third-order valence-corrected chi connectivity index (χ3v) is 21.0. The summed E-state index contributed by atoms with van der Waals surface area (Å²) in [4.78, 5) is 37.6. The molecule has 0 radical (unpaired) electrons. The molecular weight excluding hydrogens is 1000 g/mol. The highest BCUT2D eigenvalue weighted by Gasteiger charge is 2.70. The maximum atomic E-state index is 12.7. The second-order valence-electron chi connectivity index (χ2n) is 25.8. The van der Waals surface area contributed by atoms with Crippen LogP contribution in [0.1, 0.15) is 127 Å². The summed E-state index contributed by atoms with van der Waals surface area (Å²) in [5, 5.41) is 119. The van der Waals surface area contributed by atoms with Gasteiger partial charge in [0.25, 0.3) is 0 Å². The standard InChI is InChI=1S/C54H82O22/c1-22-32(57)26(56)18-31(69-22)71-30-20-49(3,4)19-25-24-10-11-28-51(6)14-13-29(52(7,21-55)27(51)12-15-54(28,9)53(24,8)17-16-50(25,30)5)72-47-42(37(62)35(60)40(73-47)44(65)66)76-48-43(38(63)36(61)41(74-48)45(67)68)75-46-39(64)34(59)33(58)23(2)70-46/h10,23,25,27-31,33-43,46-48,55,57-64H,11-21H2,1-9H3,(H,65,66)(H,67,68)/t23-,25-,27+,28+,29-,30+,31-,33-,34+,35-,36-,37-,38-,39+,40-,41-,42+,43+,46-,47+,48-,50+,51-,52+,53+,54+/m0/s1. The number of carbonyl (C=O) groups is 3. The predicted molar refractivity (Wildman–Crippen MR) is 260 cm³/mol. The normalized spacial score (nSPS) is 52.2. The van der Waals surface area contributed by atoms with Crippen molar-refractivity contribution < 1.29 is 108 Å². The lowest BCUT2D eigenvalue weighted by Crippen LogP contribution is -2.68. The molecule has 3 saturated heterocycles. The smallest absolute Gasteiger partial charge is 0.335 e. The molecule has 11 N–H and O–H groups in total. The Hall–Kier alpha value is -2.91. The van der Waals surface area contributed by atoms with E-state index in [2.05, 4.69) is 47.6 Å². The summed E-state index contributed by atoms with van der Waals surface area (Å²) in [5.74, 6) is -3.85. The van der Waals surface area contributed by atoms with Crippen LogP contribution in [0.4, 0.5) is 0 Å². The quantitative estimate of drug-likeness (QED) is 0.104. The van der Waals surface area contributed by atoms with Crippen molar-refractivity contribution >= 4 is 17.7 Å². The largest absolute Gasteiger partial charge is 0.502 e. The molecular formula is C54H82O22. The molecule has 0 aromatic rings. The second-order valence-corrected chi connectivity index (χ2v) is 25.8. The Morgan fingerprint density at radius 3 is 1.83 bits per heavy atom. The molecule has 7 fully saturated rings. The summed E-state index contributed by atoms with van der Waals surface area (Å²) in [6.45, 7) is 18.5. The van der Waals surface area contributed by atoms with Crippen molar-refractivity contribution in [3.05, 3.63) is 23.2 Å². The van der Waals surface area contributed by atoms with E-state index in [0.29, 0.717) is 19.3 Å². The van der Waals surface area contributed by atoms with Crippen LogP contribution in [0.3, 0.4) is 0 Å². The number of hydrogen-bond donors (Lipinski definition) is 11. The molecule has 22 nitrogen and oxygen atoms in total. The number of ketones is 1. The number of aliphatic hydroxyl groups excluding tert-OH is 9. The molecule has 9 aliphatic rings. The molecule has 5 aliphatic carbocycles. The fourth-order valence-corrected chi connectivity index (χ4v) is 16.3. The molecule has 0 bridgehead atoms. The van der Waals surface area contributed by atoms with Crippen molar-refractivity contribution in [2.24, 2.45) is 50.2 Å². The maximum absolute atomic E-state index is 12.7. The third-order valence-electron chi connectivity index (χ3n) is 21.0. The molecule has 22 heteroatoms. The Balaban J connectivity index is 0.986. The zero-order chi connectivity index (χ0) is 55.7. The summed E-state index contributed by atoms with van der Waals surface area (Å²) < 4.78 is 48.6. The average molecular weight is 1080 g/mol. The molecule has 9 rings (SSSR count). The summed E-state index contributed by atoms with van der Waals surface area (Å²) in [6, 6.07) is 0. The van der Waals surface area contributed by atoms with E-state index >= 15 is 0 Å². The summed E-state index contributed by atoms with van der Waals surface area (Å²) >= 11 is 0. The van der Waals surface area contributed by atoms with Crippen molar-refractivity contribution in [1.29, 1.82) is 0 Å². The molecule has 4 aliphatic heterocycles. The highest BCUT2D eigenvalue weighted by atomic mass is 16.8. The van der Waals surface area contributed by atoms with Gasteiger partial charge < -0.3 is 94.1 Å². The van der Waals surface area contributed by atoms with Crippen molar-refractivity contribution in [2.45, 2.75) is 237 Å². The summed E-state index contributed by atoms with van der Waals surface area (Å²) in [6.07, 6.45) is -21.8. The van der Waals surface area contributed by atoms with Crippen molar-refractivity contribution in [1.82, 2.24) is 0 Å². The van der Waals surface area contributed by atoms with Gasteiger partial charge in [-0.2, -0.15) is 0 Å². The molecule has 4 heterocycles. The number of ether oxygens (including phenoxy) is 8. The number of aliphatic hydroxyl groups is 9. The van der Waals surface area contributed by atoms with Crippen LogP contribution in [0.5, 0.6) is 0 Å². The lowest BCUT2D eigenvalue weighted by molar-refractivity contribution is -0.393. The van der Waals surface area contributed by atoms with Gasteiger partial charge in [-0.3, -0.25) is 4.79 Å². The number of fused-ring (bicyclic) bond motifs is 7. The van der Waals surface area contributed by atoms with Crippen molar-refractivity contribution in [3.8, 4) is 0 Å². The van der Waals surface area contributed by atoms with Gasteiger partial charge in [0, 0.05) is 10.8 Å². The molecule has 0 aromatic heterocycles. The van der Waals surface area contributed by atoms with E-state index in [9.17, 15) is 70.6 Å². The van der Waals surface area contributed by atoms with Crippen LogP contribution in [0.2, 0.25) is 0 Å². The van der Waals surface area contributed by atoms with E-state index in [-0.39, 0.29) is 75.5 Å². The lowest BCUT2D eigenvalue weighted by atomic mass is 9.33. The Labute approximate surface area is 442 Å². The monoisotopic (exact) mass is 1080 g/mol. The number of carboxylic acid groups (broad SMARTS) is 2. The van der Waals surface area contributed by atoms with E-state index in [4.69, 9.17) is 37.9 Å². The van der Waals surface area contributed by atoms with Crippen LogP contribution >= 0.6 is 0 Å². The lowest BCUT2D eigenvalue weighted by Gasteiger charge is -2.72. The van der Waals surface area contributed by atoms with Crippen LogP contribution < -0.4 is 0 Å². The van der Waals surface area contributed by atoms with Gasteiger partial charge in [-0.1, -0.05) is 60.1 Å². The molecule has 26 atom stereocenters. The number of Topliss-reactive ketones (excluding diaryl/α,β-unsaturated/α-hetero) is 1. The molecule has 0 aromatic carbocycles. The van der Waals surface area contributed by atoms with Crippen LogP contribution in [0.25, 0.3) is 0 Å². The van der Waals surface area contributed by atoms with Gasteiger partial charge in [-0.25, -0.2) is 9.59 Å². The number of allylic oxidation sites excluding steroid dienone is 4. The van der Waals surface area contributed by atoms with Gasteiger partial charge in [0.15, 0.2) is 36.8 Å². The summed E-state index contributed by atoms with van der Waals surface area (Å²) in [7, 11) is 0. The first kappa shape index (κ1) is 57.8. The summed E-state index contributed by atoms with van der Waals surface area (Å²) in [5.41, 5.74) is -0.723. The first-order valence-electron chi connectivity index (χ1n) is 27.1. The topological polar surface area (TPSA) is 348 Å². The Kier molecular flexibility index (Phi) is 15.4. The van der Waals surface area contributed by atoms with Crippen LogP contribution in [-0.2, 0) is 52.3 Å². The first-order valence-corrected chi connectivity index (χ1v) is 27.1. The van der Waals surface area contributed by atoms with Crippen molar-refractivity contribution in [2.75, 3.05) is 6.61 Å². The minimum absolute atomic E-state index is 0.0600. The molecule has 430 valence electrons. The van der Waals surface area contributed by atoms with E-state index in [1.807, 2.05) is 6.92 Å². The van der Waals surface area contributed by atoms with Crippen molar-refractivity contribution in [3.63, 3.8) is 0 Å². The second kappa shape index (κ2) is 20.3. The predicted octanol–water partition coefficient (Wildman–Crippen LogP) is 1.93. The molecule has 76 heavy (non-hydrogen) atoms. The molecule has 0 unspecified atom stereocenters. The first-order chi connectivity index (χ1) is 35.4. The van der Waals surface area contributed by atoms with E-state index in [1.54, 1.807) is 6.92 Å². The fourth-order valence-electron chi connectivity index (χ4n) is 16.3. The Bertz CT molecular complexity index is 2290. The number of carboxylic acids is 2. The average Bonchev–Trinajstić information content (AvgIpc) is 3.53. The van der Waals surface area contributed by atoms with Crippen LogP contribution in [0, 0.1) is 50.2 Å². The van der Waals surface area contributed by atoms with E-state index in [0.717, 1.165) is 38.5 Å². The Morgan fingerprint density at radius 2 is 1.25 bits per heavy atom. The van der Waals surface area contributed by atoms with Gasteiger partial charge in [0.1, 0.15) is 60.7 Å². The number of hydrogen-bond acceptors (Lipinski definition) is 20. The van der Waals surface area contributed by atoms with Gasteiger partial charge in [0.05, 0.1) is 31.3 Å². The minimum Gasteiger partial charge on any atom is -0.502 e. The zero-order valence-electron chi connectivity index (χ0n) is 44.9. The molecule has 0 spiro atoms. The van der Waals surface area contributed by atoms with Gasteiger partial charge in [0.2, 0.25) is 12.1 Å². The maximum Gasteiger partial charge on any atom is 0.335 e. The van der Waals surface area contributed by atoms with E-state index in [1.165, 1.54) is 12.5 Å². The third kappa shape index (κ3) is 9.18. The van der Waals surface area contributed by atoms with Gasteiger partial charge in [-0.05, 0) is 111 Å². The minimum atomic E-state index is -2.18. The number of aliphatic carboxylic acids is 2. The molecule has 0 amide bonds. The van der Waals surface area contributed by atoms with Gasteiger partial charge >= 0.3 is 11.9 Å². The number of rotatable bonds is 11. The highest BCUT2D eigenvalue weighted by molar-refractivity contribution is 5.94. The molecule has 4 saturated carbocycles. The Morgan fingerprint density at radius 1 is 0.658 bits per heavy atom. The van der Waals surface area contributed by atoms with Crippen LogP contribution in [0.15, 0.2) is 23.2 Å². The van der Waals surface area contributed by atoms with Gasteiger partial charge in [-0.15, -0.1) is 0 Å². The van der Waals surface area contributed by atoms with E-state index < -0.39 is 128 Å².